The van der Waals surface area contributed by atoms with E-state index in [1.807, 2.05) is 24.3 Å². The number of nitrogens with zero attached hydrogens (tertiary/aromatic N) is 1. The van der Waals surface area contributed by atoms with Gasteiger partial charge in [0, 0.05) is 35.0 Å². The van der Waals surface area contributed by atoms with Crippen molar-refractivity contribution in [3.05, 3.63) is 75.9 Å². The number of halogens is 2. The maximum Gasteiger partial charge on any atom is 0.162 e. The van der Waals surface area contributed by atoms with Crippen molar-refractivity contribution in [2.45, 2.75) is 24.2 Å². The fourth-order valence-corrected chi connectivity index (χ4v) is 3.94. The molecule has 0 spiro atoms. The zero-order chi connectivity index (χ0) is 18.4. The Morgan fingerprint density at radius 3 is 2.50 bits per heavy atom. The molecule has 0 aromatic heterocycles. The third kappa shape index (κ3) is 5.70. The maximum absolute atomic E-state index is 12.9. The molecule has 0 unspecified atom stereocenters. The van der Waals surface area contributed by atoms with Crippen LogP contribution in [0.1, 0.15) is 29.6 Å². The maximum atomic E-state index is 12.9. The van der Waals surface area contributed by atoms with Gasteiger partial charge in [0.25, 0.3) is 0 Å². The van der Waals surface area contributed by atoms with Crippen molar-refractivity contribution >= 4 is 29.1 Å². The quantitative estimate of drug-likeness (QED) is 0.556. The number of rotatable bonds is 7. The number of hydrogen-bond acceptors (Lipinski definition) is 3. The van der Waals surface area contributed by atoms with Crippen molar-refractivity contribution in [1.29, 1.82) is 0 Å². The molecule has 1 aliphatic heterocycles. The Bertz CT molecular complexity index is 774. The average molecular weight is 390 g/mol. The van der Waals surface area contributed by atoms with Crippen LogP contribution in [0.25, 0.3) is 0 Å². The van der Waals surface area contributed by atoms with Crippen LogP contribution in [0.15, 0.2) is 64.4 Å². The van der Waals surface area contributed by atoms with Crippen molar-refractivity contribution in [3.8, 4) is 0 Å². The largest absolute Gasteiger partial charge is 0.299 e. The number of Topliss-reactive ketones (excluding diaryl/α,β-unsaturated/α-hetero) is 1. The lowest BCUT2D eigenvalue weighted by molar-refractivity contribution is 0.0975. The van der Waals surface area contributed by atoms with Gasteiger partial charge in [0.15, 0.2) is 5.78 Å². The monoisotopic (exact) mass is 389 g/mol. The van der Waals surface area contributed by atoms with E-state index in [4.69, 9.17) is 11.6 Å². The van der Waals surface area contributed by atoms with Gasteiger partial charge in [-0.05, 0) is 72.8 Å². The summed E-state index contributed by atoms with van der Waals surface area (Å²) in [5, 5.41) is 0.758. The molecule has 0 saturated carbocycles. The fourth-order valence-electron chi connectivity index (χ4n) is 2.89. The Balaban J connectivity index is 1.40. The minimum Gasteiger partial charge on any atom is -0.299 e. The summed E-state index contributed by atoms with van der Waals surface area (Å²) in [6, 6.07) is 13.7. The van der Waals surface area contributed by atoms with Gasteiger partial charge in [0.1, 0.15) is 5.82 Å². The normalized spacial score (nSPS) is 14.9. The molecule has 1 heterocycles. The molecule has 2 aromatic rings. The van der Waals surface area contributed by atoms with Crippen molar-refractivity contribution < 1.29 is 9.18 Å². The first kappa shape index (κ1) is 19.2. The van der Waals surface area contributed by atoms with Crippen LogP contribution in [0.2, 0.25) is 5.02 Å². The lowest BCUT2D eigenvalue weighted by atomic mass is 10.1. The third-order valence-corrected chi connectivity index (χ3v) is 5.75. The molecule has 1 aliphatic rings. The second kappa shape index (κ2) is 9.36. The van der Waals surface area contributed by atoms with Gasteiger partial charge in [-0.3, -0.25) is 9.69 Å². The Labute approximate surface area is 163 Å². The number of carbonyl (C=O) groups excluding carboxylic acids is 1. The highest BCUT2D eigenvalue weighted by atomic mass is 35.5. The van der Waals surface area contributed by atoms with Crippen LogP contribution in [-0.2, 0) is 0 Å². The Kier molecular flexibility index (Phi) is 6.89. The summed E-state index contributed by atoms with van der Waals surface area (Å²) in [5.41, 5.74) is 0.589. The summed E-state index contributed by atoms with van der Waals surface area (Å²) >= 11 is 7.71. The zero-order valence-corrected chi connectivity index (χ0v) is 16.0. The van der Waals surface area contributed by atoms with E-state index >= 15 is 0 Å². The molecule has 0 amide bonds. The minimum atomic E-state index is -0.311. The van der Waals surface area contributed by atoms with E-state index in [0.29, 0.717) is 12.0 Å². The fraction of sp³-hybridized carbons (Fsp3) is 0.286. The van der Waals surface area contributed by atoms with Crippen LogP contribution < -0.4 is 0 Å². The second-order valence-corrected chi connectivity index (χ2v) is 7.95. The molecule has 0 fully saturated rings. The van der Waals surface area contributed by atoms with Gasteiger partial charge < -0.3 is 0 Å². The van der Waals surface area contributed by atoms with Crippen molar-refractivity contribution in [2.75, 3.05) is 19.6 Å². The summed E-state index contributed by atoms with van der Waals surface area (Å²) in [4.78, 5) is 17.1. The molecular weight excluding hydrogens is 369 g/mol. The molecule has 0 atom stereocenters. The van der Waals surface area contributed by atoms with Crippen LogP contribution >= 0.6 is 23.4 Å². The van der Waals surface area contributed by atoms with Crippen LogP contribution in [-0.4, -0.2) is 30.3 Å². The highest BCUT2D eigenvalue weighted by Gasteiger charge is 2.13. The first-order valence-corrected chi connectivity index (χ1v) is 9.93. The van der Waals surface area contributed by atoms with Crippen molar-refractivity contribution in [1.82, 2.24) is 4.90 Å². The van der Waals surface area contributed by atoms with E-state index in [0.717, 1.165) is 37.5 Å². The Hall–Kier alpha value is -1.62. The van der Waals surface area contributed by atoms with Crippen LogP contribution in [0.5, 0.6) is 0 Å². The van der Waals surface area contributed by atoms with Gasteiger partial charge in [0.2, 0.25) is 0 Å². The molecule has 2 nitrogen and oxygen atoms in total. The number of carbonyl (C=O) groups is 1. The highest BCUT2D eigenvalue weighted by molar-refractivity contribution is 8.03. The molecular formula is C21H21ClFNOS. The molecule has 0 saturated heterocycles. The third-order valence-electron chi connectivity index (χ3n) is 4.36. The first-order valence-electron chi connectivity index (χ1n) is 8.74. The second-order valence-electron chi connectivity index (χ2n) is 6.31. The molecule has 0 radical (unpaired) electrons. The van der Waals surface area contributed by atoms with E-state index in [1.165, 1.54) is 21.9 Å². The van der Waals surface area contributed by atoms with Crippen molar-refractivity contribution in [2.24, 2.45) is 0 Å². The van der Waals surface area contributed by atoms with E-state index in [2.05, 4.69) is 11.0 Å². The standard InChI is InChI=1S/C21H21ClFNOS/c22-17-5-9-19(10-6-17)26-20-11-14-24(15-12-20)13-1-2-21(25)16-3-7-18(23)8-4-16/h3-11H,1-2,12-15H2. The van der Waals surface area contributed by atoms with Gasteiger partial charge in [-0.25, -0.2) is 4.39 Å². The van der Waals surface area contributed by atoms with E-state index in [9.17, 15) is 9.18 Å². The topological polar surface area (TPSA) is 20.3 Å². The van der Waals surface area contributed by atoms with E-state index in [1.54, 1.807) is 23.9 Å². The predicted molar refractivity (Wildman–Crippen MR) is 106 cm³/mol. The van der Waals surface area contributed by atoms with E-state index in [-0.39, 0.29) is 11.6 Å². The first-order chi connectivity index (χ1) is 12.6. The molecule has 5 heteroatoms. The molecule has 0 N–H and O–H groups in total. The van der Waals surface area contributed by atoms with Gasteiger partial charge >= 0.3 is 0 Å². The van der Waals surface area contributed by atoms with Crippen LogP contribution in [0.4, 0.5) is 4.39 Å². The number of benzene rings is 2. The lowest BCUT2D eigenvalue weighted by Crippen LogP contribution is -2.29. The molecule has 26 heavy (non-hydrogen) atoms. The Morgan fingerprint density at radius 1 is 1.12 bits per heavy atom. The predicted octanol–water partition coefficient (Wildman–Crippen LogP) is 5.82. The summed E-state index contributed by atoms with van der Waals surface area (Å²) in [6.45, 7) is 2.83. The number of ketones is 1. The van der Waals surface area contributed by atoms with Gasteiger partial charge in [-0.1, -0.05) is 29.4 Å². The molecule has 0 aliphatic carbocycles. The van der Waals surface area contributed by atoms with Crippen LogP contribution in [0.3, 0.4) is 0 Å². The summed E-state index contributed by atoms with van der Waals surface area (Å²) in [5.74, 6) is -0.231. The lowest BCUT2D eigenvalue weighted by Gasteiger charge is -2.25. The van der Waals surface area contributed by atoms with Crippen molar-refractivity contribution in [3.63, 3.8) is 0 Å². The van der Waals surface area contributed by atoms with Gasteiger partial charge in [-0.15, -0.1) is 0 Å². The smallest absolute Gasteiger partial charge is 0.162 e. The summed E-state index contributed by atoms with van der Waals surface area (Å²) in [7, 11) is 0. The molecule has 3 rings (SSSR count). The molecule has 2 aromatic carbocycles. The van der Waals surface area contributed by atoms with Gasteiger partial charge in [-0.2, -0.15) is 0 Å². The SMILES string of the molecule is O=C(CCCN1CC=C(Sc2ccc(Cl)cc2)CC1)c1ccc(F)cc1. The number of thioether (sulfide) groups is 1. The zero-order valence-electron chi connectivity index (χ0n) is 14.5. The summed E-state index contributed by atoms with van der Waals surface area (Å²) < 4.78 is 12.9. The molecule has 136 valence electrons. The molecule has 0 bridgehead atoms. The highest BCUT2D eigenvalue weighted by Crippen LogP contribution is 2.31. The van der Waals surface area contributed by atoms with Gasteiger partial charge in [0.05, 0.1) is 0 Å². The van der Waals surface area contributed by atoms with E-state index < -0.39 is 0 Å². The van der Waals surface area contributed by atoms with Crippen LogP contribution in [0, 0.1) is 5.82 Å². The minimum absolute atomic E-state index is 0.0801. The number of hydrogen-bond donors (Lipinski definition) is 0. The Morgan fingerprint density at radius 2 is 1.85 bits per heavy atom. The summed E-state index contributed by atoms with van der Waals surface area (Å²) in [6.07, 6.45) is 4.62. The average Bonchev–Trinajstić information content (AvgIpc) is 2.65.